The summed E-state index contributed by atoms with van der Waals surface area (Å²) in [5.41, 5.74) is 0.917. The van der Waals surface area contributed by atoms with Gasteiger partial charge < -0.3 is 10.2 Å². The first-order valence-corrected chi connectivity index (χ1v) is 9.44. The van der Waals surface area contributed by atoms with Crippen molar-refractivity contribution in [1.82, 2.24) is 10.2 Å². The molecule has 1 heterocycles. The molecule has 2 rings (SSSR count). The zero-order chi connectivity index (χ0) is 18.5. The van der Waals surface area contributed by atoms with Crippen LogP contribution in [0.5, 0.6) is 0 Å². The van der Waals surface area contributed by atoms with Gasteiger partial charge in [-0.25, -0.2) is 0 Å². The average molecular weight is 374 g/mol. The molecule has 1 aromatic carbocycles. The number of carbonyl (C=O) groups is 2. The Morgan fingerprint density at radius 1 is 1.38 bits per heavy atom. The molecule has 1 aliphatic heterocycles. The van der Waals surface area contributed by atoms with Crippen molar-refractivity contribution in [2.24, 2.45) is 0 Å². The highest BCUT2D eigenvalue weighted by atomic mass is 32.2. The van der Waals surface area contributed by atoms with Gasteiger partial charge in [0.2, 0.25) is 0 Å². The molecule has 0 aliphatic carbocycles. The number of nitrogens with zero attached hydrogens (tertiary/aromatic N) is 1. The lowest BCUT2D eigenvalue weighted by Gasteiger charge is -2.08. The lowest BCUT2D eigenvalue weighted by Crippen LogP contribution is -2.23. The lowest BCUT2D eigenvalue weighted by atomic mass is 10.1. The fourth-order valence-corrected chi connectivity index (χ4v) is 3.16. The maximum absolute atomic E-state index is 12.0. The van der Waals surface area contributed by atoms with E-state index in [1.54, 1.807) is 43.1 Å². The molecule has 2 amide bonds. The van der Waals surface area contributed by atoms with Gasteiger partial charge in [0.15, 0.2) is 0 Å². The SMILES string of the molecule is CC(S)CS(=O)(=O)O.CNC(=O)c1ccccc1C(=O)N1CC1C. The number of carbonyl (C=O) groups excluding carboxylic acids is 2. The van der Waals surface area contributed by atoms with E-state index in [0.717, 1.165) is 6.54 Å². The van der Waals surface area contributed by atoms with E-state index < -0.39 is 10.1 Å². The summed E-state index contributed by atoms with van der Waals surface area (Å²) in [4.78, 5) is 25.3. The number of hydrogen-bond acceptors (Lipinski definition) is 5. The Balaban J connectivity index is 0.000000307. The molecule has 0 aromatic heterocycles. The van der Waals surface area contributed by atoms with Gasteiger partial charge in [-0.1, -0.05) is 19.1 Å². The molecular formula is C15H22N2O5S2. The quantitative estimate of drug-likeness (QED) is 0.416. The summed E-state index contributed by atoms with van der Waals surface area (Å²) in [5.74, 6) is -0.569. The monoisotopic (exact) mass is 374 g/mol. The minimum atomic E-state index is -3.80. The maximum Gasteiger partial charge on any atom is 0.265 e. The van der Waals surface area contributed by atoms with Gasteiger partial charge in [0.1, 0.15) is 0 Å². The van der Waals surface area contributed by atoms with Crippen LogP contribution in [0.15, 0.2) is 24.3 Å². The second-order valence-electron chi connectivity index (χ2n) is 5.53. The van der Waals surface area contributed by atoms with Crippen LogP contribution in [-0.4, -0.2) is 60.3 Å². The number of hydrogen-bond donors (Lipinski definition) is 3. The van der Waals surface area contributed by atoms with Gasteiger partial charge in [0, 0.05) is 24.9 Å². The van der Waals surface area contributed by atoms with Crippen LogP contribution < -0.4 is 5.32 Å². The van der Waals surface area contributed by atoms with Crippen molar-refractivity contribution in [2.45, 2.75) is 25.1 Å². The number of rotatable bonds is 4. The normalized spacial score (nSPS) is 17.4. The van der Waals surface area contributed by atoms with Gasteiger partial charge in [-0.05, 0) is 19.1 Å². The predicted molar refractivity (Wildman–Crippen MR) is 95.2 cm³/mol. The summed E-state index contributed by atoms with van der Waals surface area (Å²) >= 11 is 3.75. The van der Waals surface area contributed by atoms with Crippen LogP contribution in [0.2, 0.25) is 0 Å². The summed E-state index contributed by atoms with van der Waals surface area (Å²) in [6.07, 6.45) is 0. The van der Waals surface area contributed by atoms with Crippen LogP contribution in [0.25, 0.3) is 0 Å². The first-order valence-electron chi connectivity index (χ1n) is 7.32. The number of thiol groups is 1. The zero-order valence-corrected chi connectivity index (χ0v) is 15.5. The molecule has 0 bridgehead atoms. The summed E-state index contributed by atoms with van der Waals surface area (Å²) in [6.45, 7) is 4.36. The van der Waals surface area contributed by atoms with Crippen LogP contribution >= 0.6 is 12.6 Å². The number of benzene rings is 1. The Bertz CT molecular complexity index is 704. The zero-order valence-electron chi connectivity index (χ0n) is 13.8. The molecule has 9 heteroatoms. The first kappa shape index (κ1) is 20.5. The average Bonchev–Trinajstić information content (AvgIpc) is 3.20. The van der Waals surface area contributed by atoms with E-state index in [4.69, 9.17) is 4.55 Å². The summed E-state index contributed by atoms with van der Waals surface area (Å²) in [7, 11) is -2.24. The second kappa shape index (κ2) is 8.50. The highest BCUT2D eigenvalue weighted by Crippen LogP contribution is 2.22. The number of amides is 2. The molecule has 1 fully saturated rings. The molecule has 2 unspecified atom stereocenters. The molecule has 2 atom stereocenters. The molecule has 134 valence electrons. The van der Waals surface area contributed by atoms with Crippen molar-refractivity contribution >= 4 is 34.6 Å². The molecule has 24 heavy (non-hydrogen) atoms. The third-order valence-corrected chi connectivity index (χ3v) is 4.55. The standard InChI is InChI=1S/C12H14N2O2.C3H8O3S2/c1-8-7-14(8)12(16)10-6-4-3-5-9(10)11(15)13-2;1-3(7)2-8(4,5)6/h3-6,8H,7H2,1-2H3,(H,13,15);3,7H,2H2,1H3,(H,4,5,6). The molecule has 0 saturated carbocycles. The molecule has 1 aliphatic rings. The van der Waals surface area contributed by atoms with Crippen LogP contribution in [0.4, 0.5) is 0 Å². The molecule has 7 nitrogen and oxygen atoms in total. The van der Waals surface area contributed by atoms with E-state index in [-0.39, 0.29) is 22.8 Å². The van der Waals surface area contributed by atoms with E-state index in [1.165, 1.54) is 0 Å². The second-order valence-corrected chi connectivity index (χ2v) is 7.91. The van der Waals surface area contributed by atoms with Gasteiger partial charge in [0.25, 0.3) is 21.9 Å². The van der Waals surface area contributed by atoms with E-state index in [9.17, 15) is 18.0 Å². The highest BCUT2D eigenvalue weighted by molar-refractivity contribution is 7.88. The smallest absolute Gasteiger partial charge is 0.265 e. The van der Waals surface area contributed by atoms with Gasteiger partial charge >= 0.3 is 0 Å². The maximum atomic E-state index is 12.0. The van der Waals surface area contributed by atoms with Crippen LogP contribution in [0.3, 0.4) is 0 Å². The molecule has 0 spiro atoms. The van der Waals surface area contributed by atoms with Gasteiger partial charge in [0.05, 0.1) is 16.9 Å². The molecule has 0 radical (unpaired) electrons. The highest BCUT2D eigenvalue weighted by Gasteiger charge is 2.35. The van der Waals surface area contributed by atoms with Crippen molar-refractivity contribution in [2.75, 3.05) is 19.3 Å². The van der Waals surface area contributed by atoms with E-state index in [1.807, 2.05) is 6.92 Å². The molecular weight excluding hydrogens is 352 g/mol. The van der Waals surface area contributed by atoms with E-state index >= 15 is 0 Å². The fourth-order valence-electron chi connectivity index (χ4n) is 1.98. The predicted octanol–water partition coefficient (Wildman–Crippen LogP) is 1.08. The third kappa shape index (κ3) is 6.50. The summed E-state index contributed by atoms with van der Waals surface area (Å²) in [6, 6.07) is 7.18. The third-order valence-electron chi connectivity index (χ3n) is 3.20. The molecule has 2 N–H and O–H groups in total. The number of nitrogens with one attached hydrogen (secondary N) is 1. The van der Waals surface area contributed by atoms with Crippen molar-refractivity contribution in [1.29, 1.82) is 0 Å². The fraction of sp³-hybridized carbons (Fsp3) is 0.467. The van der Waals surface area contributed by atoms with Crippen molar-refractivity contribution in [3.05, 3.63) is 35.4 Å². The minimum absolute atomic E-state index is 0.0632. The van der Waals surface area contributed by atoms with E-state index in [2.05, 4.69) is 17.9 Å². The van der Waals surface area contributed by atoms with Crippen LogP contribution in [0.1, 0.15) is 34.6 Å². The Hall–Kier alpha value is -1.58. The lowest BCUT2D eigenvalue weighted by molar-refractivity contribution is 0.0864. The Labute approximate surface area is 147 Å². The van der Waals surface area contributed by atoms with E-state index in [0.29, 0.717) is 17.2 Å². The van der Waals surface area contributed by atoms with Crippen LogP contribution in [-0.2, 0) is 10.1 Å². The molecule has 1 aromatic rings. The summed E-state index contributed by atoms with van der Waals surface area (Å²) < 4.78 is 28.0. The van der Waals surface area contributed by atoms with Gasteiger partial charge in [-0.2, -0.15) is 21.0 Å². The van der Waals surface area contributed by atoms with Gasteiger partial charge in [-0.15, -0.1) is 0 Å². The Morgan fingerprint density at radius 2 is 1.88 bits per heavy atom. The Morgan fingerprint density at radius 3 is 2.21 bits per heavy atom. The summed E-state index contributed by atoms with van der Waals surface area (Å²) in [5, 5.41) is 2.24. The largest absolute Gasteiger partial charge is 0.355 e. The van der Waals surface area contributed by atoms with Crippen LogP contribution in [0, 0.1) is 0 Å². The topological polar surface area (TPSA) is 104 Å². The molecule has 1 saturated heterocycles. The van der Waals surface area contributed by atoms with Crippen molar-refractivity contribution in [3.8, 4) is 0 Å². The Kier molecular flexibility index (Phi) is 7.25. The first-order chi connectivity index (χ1) is 11.1. The van der Waals surface area contributed by atoms with Crippen molar-refractivity contribution < 1.29 is 22.6 Å². The van der Waals surface area contributed by atoms with Crippen molar-refractivity contribution in [3.63, 3.8) is 0 Å². The van der Waals surface area contributed by atoms with Gasteiger partial charge in [-0.3, -0.25) is 14.1 Å². The minimum Gasteiger partial charge on any atom is -0.355 e.